The van der Waals surface area contributed by atoms with Crippen LogP contribution in [0.1, 0.15) is 0 Å². The molecule has 0 aliphatic rings. The molecule has 0 aromatic rings. The summed E-state index contributed by atoms with van der Waals surface area (Å²) in [6, 6.07) is 0. The van der Waals surface area contributed by atoms with E-state index < -0.39 is 7.82 Å². The van der Waals surface area contributed by atoms with Gasteiger partial charge in [0.2, 0.25) is 0 Å². The first kappa shape index (κ1) is 22.8. The van der Waals surface area contributed by atoms with Crippen LogP contribution in [0.25, 0.3) is 0 Å². The normalized spacial score (nSPS) is 7.38. The quantitative estimate of drug-likeness (QED) is 0.267. The minimum absolute atomic E-state index is 0. The molecule has 40 valence electrons. The molecule has 0 atom stereocenters. The molecule has 0 saturated carbocycles. The van der Waals surface area contributed by atoms with Gasteiger partial charge >= 0.3 is 40.6 Å². The maximum Gasteiger partial charge on any atom is 4.00 e. The van der Waals surface area contributed by atoms with Gasteiger partial charge in [0, 0.05) is 0 Å². The van der Waals surface area contributed by atoms with Gasteiger partial charge in [-0.05, 0) is 0 Å². The molecule has 0 bridgehead atoms. The van der Waals surface area contributed by atoms with Gasteiger partial charge in [0.25, 0.3) is 0 Å². The minimum Gasteiger partial charge on any atom is -0.822 e. The van der Waals surface area contributed by atoms with Gasteiger partial charge < -0.3 is 19.2 Å². The van der Waals surface area contributed by atoms with Crippen LogP contribution in [-0.4, -0.2) is 0 Å². The van der Waals surface area contributed by atoms with E-state index in [1.807, 2.05) is 0 Å². The summed E-state index contributed by atoms with van der Waals surface area (Å²) in [6.07, 6.45) is 0. The predicted molar refractivity (Wildman–Crippen MR) is 10.1 cm³/mol. The van der Waals surface area contributed by atoms with Crippen molar-refractivity contribution in [2.24, 2.45) is 0 Å². The van der Waals surface area contributed by atoms with Crippen LogP contribution >= 0.6 is 7.82 Å². The Hall–Kier alpha value is 1.35. The molecular formula is HFLiO4PTi+2. The number of hydrogen-bond acceptors (Lipinski definition) is 4. The summed E-state index contributed by atoms with van der Waals surface area (Å²) in [5, 5.41) is 0. The Morgan fingerprint density at radius 2 is 1.12 bits per heavy atom. The third-order valence-electron chi connectivity index (χ3n) is 0. The molecule has 8 heteroatoms. The van der Waals surface area contributed by atoms with Crippen LogP contribution in [0.5, 0.6) is 0 Å². The number of phosphoric acid groups is 1. The number of hydrogen-bond donors (Lipinski definition) is 0. The van der Waals surface area contributed by atoms with Crippen LogP contribution in [0.15, 0.2) is 0 Å². The second kappa shape index (κ2) is 8.35. The summed E-state index contributed by atoms with van der Waals surface area (Å²) in [7, 11) is -5.39. The Kier molecular flexibility index (Phi) is 23.8. The Labute approximate surface area is 72.3 Å². The Bertz CT molecular complexity index is 62.2. The Morgan fingerprint density at radius 3 is 1.12 bits per heavy atom. The molecule has 0 aromatic heterocycles. The molecular weight excluding hydrogens is 169 g/mol. The average Bonchev–Trinajstić information content (AvgIpc) is 0.722. The number of rotatable bonds is 0. The van der Waals surface area contributed by atoms with Gasteiger partial charge in [0.15, 0.2) is 0 Å². The maximum absolute atomic E-state index is 8.55. The van der Waals surface area contributed by atoms with Gasteiger partial charge in [-0.25, -0.2) is 0 Å². The summed E-state index contributed by atoms with van der Waals surface area (Å²) in [6.45, 7) is 0. The molecule has 0 radical (unpaired) electrons. The summed E-state index contributed by atoms with van der Waals surface area (Å²) >= 11 is 0. The van der Waals surface area contributed by atoms with Crippen molar-refractivity contribution >= 4 is 7.82 Å². The van der Waals surface area contributed by atoms with E-state index in [1.165, 1.54) is 0 Å². The molecule has 0 heterocycles. The molecule has 0 aliphatic carbocycles. The largest absolute Gasteiger partial charge is 4.00 e. The SMILES string of the molecule is F.O=P([O-])([O-])[O-].[Li+].[Ti+4]. The fraction of sp³-hybridized carbons (Fsp3) is 0. The molecule has 0 unspecified atom stereocenters. The summed E-state index contributed by atoms with van der Waals surface area (Å²) in [5.41, 5.74) is 0. The first-order chi connectivity index (χ1) is 2.00. The topological polar surface area (TPSA) is 86.2 Å². The van der Waals surface area contributed by atoms with Crippen LogP contribution < -0.4 is 33.5 Å². The Morgan fingerprint density at radius 1 is 1.12 bits per heavy atom. The molecule has 8 heavy (non-hydrogen) atoms. The summed E-state index contributed by atoms with van der Waals surface area (Å²) in [4.78, 5) is 25.6. The summed E-state index contributed by atoms with van der Waals surface area (Å²) in [5.74, 6) is 0. The van der Waals surface area contributed by atoms with Crippen LogP contribution in [0.2, 0.25) is 0 Å². The molecule has 0 aromatic carbocycles. The zero-order valence-corrected chi connectivity index (χ0v) is 6.44. The van der Waals surface area contributed by atoms with E-state index in [0.717, 1.165) is 0 Å². The second-order valence-electron chi connectivity index (χ2n) is 0.447. The molecule has 0 aliphatic heterocycles. The molecule has 4 nitrogen and oxygen atoms in total. The van der Waals surface area contributed by atoms with Crippen LogP contribution in [0.3, 0.4) is 0 Å². The third kappa shape index (κ3) is 162. The fourth-order valence-corrected chi connectivity index (χ4v) is 0. The minimum atomic E-state index is -5.39. The van der Waals surface area contributed by atoms with Gasteiger partial charge in [0.05, 0.1) is 0 Å². The zero-order chi connectivity index (χ0) is 4.50. The van der Waals surface area contributed by atoms with Crippen molar-refractivity contribution in [3.63, 3.8) is 0 Å². The monoisotopic (exact) mass is 170 g/mol. The van der Waals surface area contributed by atoms with Crippen molar-refractivity contribution in [2.45, 2.75) is 0 Å². The molecule has 0 amide bonds. The van der Waals surface area contributed by atoms with Crippen LogP contribution in [-0.2, 0) is 26.3 Å². The van der Waals surface area contributed by atoms with E-state index in [9.17, 15) is 0 Å². The van der Waals surface area contributed by atoms with Gasteiger partial charge in [-0.1, -0.05) is 0 Å². The van der Waals surface area contributed by atoms with E-state index in [4.69, 9.17) is 19.2 Å². The summed E-state index contributed by atoms with van der Waals surface area (Å²) < 4.78 is 8.55. The van der Waals surface area contributed by atoms with Crippen molar-refractivity contribution < 1.29 is 64.5 Å². The molecule has 0 spiro atoms. The van der Waals surface area contributed by atoms with E-state index >= 15 is 0 Å². The van der Waals surface area contributed by atoms with Crippen molar-refractivity contribution in [1.82, 2.24) is 0 Å². The van der Waals surface area contributed by atoms with Crippen molar-refractivity contribution in [3.05, 3.63) is 0 Å². The van der Waals surface area contributed by atoms with Gasteiger partial charge in [-0.3, -0.25) is 4.70 Å². The van der Waals surface area contributed by atoms with E-state index in [2.05, 4.69) is 0 Å². The van der Waals surface area contributed by atoms with Gasteiger partial charge in [-0.15, -0.1) is 0 Å². The van der Waals surface area contributed by atoms with Crippen molar-refractivity contribution in [1.29, 1.82) is 0 Å². The zero-order valence-electron chi connectivity index (χ0n) is 3.99. The molecule has 0 rings (SSSR count). The third-order valence-corrected chi connectivity index (χ3v) is 0. The molecule has 0 saturated heterocycles. The Balaban J connectivity index is -0.0000000267. The van der Waals surface area contributed by atoms with E-state index in [-0.39, 0.29) is 45.3 Å². The fourth-order valence-electron chi connectivity index (χ4n) is 0. The van der Waals surface area contributed by atoms with Crippen molar-refractivity contribution in [3.8, 4) is 0 Å². The van der Waals surface area contributed by atoms with E-state index in [0.29, 0.717) is 0 Å². The predicted octanol–water partition coefficient (Wildman–Crippen LogP) is -5.67. The van der Waals surface area contributed by atoms with Gasteiger partial charge in [0.1, 0.15) is 0 Å². The van der Waals surface area contributed by atoms with Crippen LogP contribution in [0, 0.1) is 0 Å². The number of halogens is 1. The van der Waals surface area contributed by atoms with E-state index in [1.54, 1.807) is 0 Å². The first-order valence-electron chi connectivity index (χ1n) is 0.730. The smallest absolute Gasteiger partial charge is 0.822 e. The van der Waals surface area contributed by atoms with Crippen molar-refractivity contribution in [2.75, 3.05) is 0 Å². The molecule has 0 N–H and O–H groups in total. The standard InChI is InChI=1S/FH.Li.H3O4P.Ti/c;;1-5(2,3)4;/h1H;;(H3,1,2,3,4);/q;+1;;+4/p-3. The van der Waals surface area contributed by atoms with Gasteiger partial charge in [-0.2, -0.15) is 7.82 Å². The van der Waals surface area contributed by atoms with Crippen LogP contribution in [0.4, 0.5) is 4.70 Å². The first-order valence-corrected chi connectivity index (χ1v) is 2.19. The maximum atomic E-state index is 8.55. The second-order valence-corrected chi connectivity index (χ2v) is 1.34. The average molecular weight is 170 g/mol. The molecule has 0 fully saturated rings.